The summed E-state index contributed by atoms with van der Waals surface area (Å²) in [6, 6.07) is 13.3. The third-order valence-corrected chi connectivity index (χ3v) is 4.63. The largest absolute Gasteiger partial charge is 0.497 e. The van der Waals surface area contributed by atoms with Gasteiger partial charge in [-0.25, -0.2) is 0 Å². The number of fused-ring (bicyclic) bond motifs is 1. The number of nitrogens with one attached hydrogen (secondary N) is 1. The van der Waals surface area contributed by atoms with Gasteiger partial charge in [-0.05, 0) is 55.2 Å². The number of rotatable bonds is 6. The number of aromatic nitrogens is 1. The van der Waals surface area contributed by atoms with Crippen molar-refractivity contribution in [1.29, 1.82) is 0 Å². The number of carbonyl (C=O) groups is 1. The maximum Gasteiger partial charge on any atom is 0.239 e. The van der Waals surface area contributed by atoms with E-state index < -0.39 is 0 Å². The Morgan fingerprint density at radius 2 is 1.85 bits per heavy atom. The molecule has 0 saturated carbocycles. The van der Waals surface area contributed by atoms with E-state index >= 15 is 0 Å². The van der Waals surface area contributed by atoms with Gasteiger partial charge >= 0.3 is 0 Å². The molecule has 0 atom stereocenters. The number of hydrogen-bond donors (Lipinski definition) is 1. The lowest BCUT2D eigenvalue weighted by molar-refractivity contribution is -0.121. The van der Waals surface area contributed by atoms with Crippen molar-refractivity contribution in [2.75, 3.05) is 13.7 Å². The summed E-state index contributed by atoms with van der Waals surface area (Å²) >= 11 is 0. The Hall–Kier alpha value is -3.08. The lowest BCUT2D eigenvalue weighted by atomic mass is 10.1. The first kappa shape index (κ1) is 18.7. The van der Waals surface area contributed by atoms with E-state index in [4.69, 9.17) is 4.74 Å². The van der Waals surface area contributed by atoms with Gasteiger partial charge in [0.25, 0.3) is 0 Å². The SMILES string of the molecule is COc1ccc(CCNC(=O)Cn2ccc(=O)c3c(C)cc(C)cc32)cc1. The fourth-order valence-corrected chi connectivity index (χ4v) is 3.30. The monoisotopic (exact) mass is 364 g/mol. The second kappa shape index (κ2) is 8.08. The van der Waals surface area contributed by atoms with Gasteiger partial charge < -0.3 is 14.6 Å². The van der Waals surface area contributed by atoms with Crippen LogP contribution in [0.1, 0.15) is 16.7 Å². The summed E-state index contributed by atoms with van der Waals surface area (Å²) in [5, 5.41) is 3.62. The number of pyridine rings is 1. The Bertz CT molecular complexity index is 1020. The Kier molecular flexibility index (Phi) is 5.60. The second-order valence-electron chi connectivity index (χ2n) is 6.73. The number of ether oxygens (including phenoxy) is 1. The van der Waals surface area contributed by atoms with E-state index in [1.807, 2.05) is 54.8 Å². The van der Waals surface area contributed by atoms with Gasteiger partial charge in [-0.2, -0.15) is 0 Å². The lowest BCUT2D eigenvalue weighted by Gasteiger charge is -2.13. The van der Waals surface area contributed by atoms with Crippen LogP contribution in [0.4, 0.5) is 0 Å². The molecular weight excluding hydrogens is 340 g/mol. The lowest BCUT2D eigenvalue weighted by Crippen LogP contribution is -2.29. The van der Waals surface area contributed by atoms with Crippen LogP contribution in [0.25, 0.3) is 10.9 Å². The zero-order valence-electron chi connectivity index (χ0n) is 15.9. The van der Waals surface area contributed by atoms with Crippen LogP contribution >= 0.6 is 0 Å². The van der Waals surface area contributed by atoms with Crippen LogP contribution in [0.2, 0.25) is 0 Å². The minimum atomic E-state index is -0.0763. The zero-order valence-corrected chi connectivity index (χ0v) is 15.9. The van der Waals surface area contributed by atoms with E-state index in [1.54, 1.807) is 13.3 Å². The highest BCUT2D eigenvalue weighted by molar-refractivity contribution is 5.85. The number of methoxy groups -OCH3 is 1. The van der Waals surface area contributed by atoms with E-state index in [0.29, 0.717) is 11.9 Å². The van der Waals surface area contributed by atoms with Crippen LogP contribution < -0.4 is 15.5 Å². The standard InChI is InChI=1S/C22H24N2O3/c1-15-12-16(2)22-19(13-15)24(11-9-20(22)25)14-21(26)23-10-8-17-4-6-18(27-3)7-5-17/h4-7,9,11-13H,8,10,14H2,1-3H3,(H,23,26). The minimum Gasteiger partial charge on any atom is -0.497 e. The maximum atomic E-state index is 12.4. The predicted molar refractivity (Wildman–Crippen MR) is 107 cm³/mol. The molecule has 27 heavy (non-hydrogen) atoms. The van der Waals surface area contributed by atoms with Gasteiger partial charge in [0.15, 0.2) is 5.43 Å². The Morgan fingerprint density at radius 3 is 2.56 bits per heavy atom. The van der Waals surface area contributed by atoms with Gasteiger partial charge in [0.1, 0.15) is 12.3 Å². The van der Waals surface area contributed by atoms with Crippen LogP contribution in [0.15, 0.2) is 53.5 Å². The molecule has 0 saturated heterocycles. The number of benzene rings is 2. The molecule has 5 nitrogen and oxygen atoms in total. The van der Waals surface area contributed by atoms with Crippen LogP contribution in [0.3, 0.4) is 0 Å². The van der Waals surface area contributed by atoms with Gasteiger partial charge in [-0.3, -0.25) is 9.59 Å². The van der Waals surface area contributed by atoms with Crippen molar-refractivity contribution in [2.45, 2.75) is 26.8 Å². The normalized spacial score (nSPS) is 10.8. The van der Waals surface area contributed by atoms with Crippen molar-refractivity contribution in [1.82, 2.24) is 9.88 Å². The topological polar surface area (TPSA) is 60.3 Å². The van der Waals surface area contributed by atoms with Gasteiger partial charge in [0.2, 0.25) is 5.91 Å². The quantitative estimate of drug-likeness (QED) is 0.731. The number of amides is 1. The average molecular weight is 364 g/mol. The van der Waals surface area contributed by atoms with Gasteiger partial charge in [0.05, 0.1) is 12.6 Å². The fraction of sp³-hybridized carbons (Fsp3) is 0.273. The highest BCUT2D eigenvalue weighted by Gasteiger charge is 2.09. The molecule has 0 radical (unpaired) electrons. The second-order valence-corrected chi connectivity index (χ2v) is 6.73. The molecule has 3 aromatic rings. The molecule has 1 heterocycles. The van der Waals surface area contributed by atoms with E-state index in [2.05, 4.69) is 5.32 Å². The van der Waals surface area contributed by atoms with Crippen molar-refractivity contribution in [3.05, 3.63) is 75.6 Å². The molecule has 140 valence electrons. The van der Waals surface area contributed by atoms with Crippen LogP contribution in [0.5, 0.6) is 5.75 Å². The summed E-state index contributed by atoms with van der Waals surface area (Å²) in [6.07, 6.45) is 2.44. The van der Waals surface area contributed by atoms with Crippen LogP contribution in [-0.4, -0.2) is 24.1 Å². The predicted octanol–water partition coefficient (Wildman–Crippen LogP) is 2.99. The zero-order chi connectivity index (χ0) is 19.4. The fourth-order valence-electron chi connectivity index (χ4n) is 3.30. The molecule has 3 rings (SSSR count). The van der Waals surface area contributed by atoms with Crippen LogP contribution in [0, 0.1) is 13.8 Å². The molecule has 1 aromatic heterocycles. The molecule has 0 aliphatic carbocycles. The van der Waals surface area contributed by atoms with Gasteiger partial charge in [-0.1, -0.05) is 18.2 Å². The third kappa shape index (κ3) is 4.37. The Balaban J connectivity index is 1.67. The number of aryl methyl sites for hydroxylation is 2. The van der Waals surface area contributed by atoms with Crippen molar-refractivity contribution in [3.63, 3.8) is 0 Å². The molecular formula is C22H24N2O3. The average Bonchev–Trinajstić information content (AvgIpc) is 2.64. The summed E-state index contributed by atoms with van der Waals surface area (Å²) in [6.45, 7) is 4.66. The highest BCUT2D eigenvalue weighted by atomic mass is 16.5. The van der Waals surface area contributed by atoms with Gasteiger partial charge in [-0.15, -0.1) is 0 Å². The van der Waals surface area contributed by atoms with E-state index in [0.717, 1.165) is 34.4 Å². The molecule has 0 fully saturated rings. The Morgan fingerprint density at radius 1 is 1.11 bits per heavy atom. The minimum absolute atomic E-state index is 0.0151. The molecule has 2 aromatic carbocycles. The maximum absolute atomic E-state index is 12.4. The van der Waals surface area contributed by atoms with E-state index in [1.165, 1.54) is 6.07 Å². The smallest absolute Gasteiger partial charge is 0.239 e. The highest BCUT2D eigenvalue weighted by Crippen LogP contribution is 2.17. The summed E-state index contributed by atoms with van der Waals surface area (Å²) in [5.74, 6) is 0.742. The van der Waals surface area contributed by atoms with Crippen molar-refractivity contribution >= 4 is 16.8 Å². The summed E-state index contributed by atoms with van der Waals surface area (Å²) in [7, 11) is 1.64. The molecule has 0 unspecified atom stereocenters. The van der Waals surface area contributed by atoms with E-state index in [9.17, 15) is 9.59 Å². The third-order valence-electron chi connectivity index (χ3n) is 4.63. The first-order valence-corrected chi connectivity index (χ1v) is 8.98. The molecule has 0 bridgehead atoms. The summed E-state index contributed by atoms with van der Waals surface area (Å²) < 4.78 is 6.98. The molecule has 0 aliphatic heterocycles. The first-order chi connectivity index (χ1) is 13.0. The van der Waals surface area contributed by atoms with Crippen LogP contribution in [-0.2, 0) is 17.8 Å². The van der Waals surface area contributed by atoms with E-state index in [-0.39, 0.29) is 17.9 Å². The Labute approximate surface area is 158 Å². The molecule has 0 spiro atoms. The molecule has 1 amide bonds. The van der Waals surface area contributed by atoms with Crippen molar-refractivity contribution < 1.29 is 9.53 Å². The van der Waals surface area contributed by atoms with Gasteiger partial charge in [0, 0.05) is 24.2 Å². The van der Waals surface area contributed by atoms with Crippen molar-refractivity contribution in [3.8, 4) is 5.75 Å². The number of hydrogen-bond acceptors (Lipinski definition) is 3. The summed E-state index contributed by atoms with van der Waals surface area (Å²) in [5.41, 5.74) is 3.92. The number of carbonyl (C=O) groups excluding carboxylic acids is 1. The molecule has 1 N–H and O–H groups in total. The molecule has 0 aliphatic rings. The molecule has 5 heteroatoms. The first-order valence-electron chi connectivity index (χ1n) is 8.98. The summed E-state index contributed by atoms with van der Waals surface area (Å²) in [4.78, 5) is 24.6. The van der Waals surface area contributed by atoms with Crippen molar-refractivity contribution in [2.24, 2.45) is 0 Å². The number of nitrogens with zero attached hydrogens (tertiary/aromatic N) is 1.